The summed E-state index contributed by atoms with van der Waals surface area (Å²) >= 11 is 0. The quantitative estimate of drug-likeness (QED) is 0.0978. The number of nitro benzene ring substituents is 2. The topological polar surface area (TPSA) is 181 Å². The van der Waals surface area contributed by atoms with Crippen LogP contribution < -0.4 is 9.80 Å². The first-order chi connectivity index (χ1) is 26.4. The highest BCUT2D eigenvalue weighted by Gasteiger charge is 2.66. The molecule has 4 aromatic carbocycles. The predicted molar refractivity (Wildman–Crippen MR) is 201 cm³/mol. The molecule has 6 atom stereocenters. The maximum Gasteiger partial charge on any atom is 0.301 e. The SMILES string of the molecule is CN(C)c1c([N+](=O)[O-])cc(N2C(=O)C3CC=C4C(CC5C(=O)C(c6ccccc6)=CC(=O)C5(c5ccccc5)C4c4cccc(O)c4)C3C2=O)cc1[N+](=O)[O-]. The molecule has 0 spiro atoms. The molecule has 3 aliphatic carbocycles. The number of rotatable bonds is 7. The highest BCUT2D eigenvalue weighted by Crippen LogP contribution is 2.64. The lowest BCUT2D eigenvalue weighted by Gasteiger charge is -2.55. The molecule has 2 fully saturated rings. The van der Waals surface area contributed by atoms with Crippen LogP contribution in [0.25, 0.3) is 5.57 Å². The summed E-state index contributed by atoms with van der Waals surface area (Å²) < 4.78 is 0. The van der Waals surface area contributed by atoms with Crippen molar-refractivity contribution in [3.05, 3.63) is 152 Å². The van der Waals surface area contributed by atoms with Crippen LogP contribution in [0.2, 0.25) is 0 Å². The molecule has 1 saturated heterocycles. The van der Waals surface area contributed by atoms with Crippen molar-refractivity contribution in [3.8, 4) is 5.75 Å². The molecule has 1 aliphatic heterocycles. The Balaban J connectivity index is 1.33. The first kappa shape index (κ1) is 35.3. The molecule has 13 nitrogen and oxygen atoms in total. The van der Waals surface area contributed by atoms with Crippen LogP contribution >= 0.6 is 0 Å². The molecule has 4 aliphatic rings. The maximum atomic E-state index is 15.1. The van der Waals surface area contributed by atoms with Gasteiger partial charge < -0.3 is 10.0 Å². The second-order valence-electron chi connectivity index (χ2n) is 14.6. The minimum Gasteiger partial charge on any atom is -0.508 e. The fourth-order valence-corrected chi connectivity index (χ4v) is 9.66. The monoisotopic (exact) mass is 738 g/mol. The largest absolute Gasteiger partial charge is 0.508 e. The molecule has 13 heteroatoms. The highest BCUT2D eigenvalue weighted by atomic mass is 16.6. The number of fused-ring (bicyclic) bond motifs is 4. The van der Waals surface area contributed by atoms with Crippen LogP contribution in [-0.4, -0.2) is 52.4 Å². The third-order valence-corrected chi connectivity index (χ3v) is 11.7. The summed E-state index contributed by atoms with van der Waals surface area (Å²) in [7, 11) is 2.83. The van der Waals surface area contributed by atoms with E-state index >= 15 is 9.59 Å². The molecule has 8 rings (SSSR count). The number of amides is 2. The molecule has 2 amide bonds. The number of phenolic OH excluding ortho intramolecular Hbond substituents is 1. The summed E-state index contributed by atoms with van der Waals surface area (Å²) in [6, 6.07) is 26.3. The van der Waals surface area contributed by atoms with E-state index in [4.69, 9.17) is 0 Å². The third-order valence-electron chi connectivity index (χ3n) is 11.7. The zero-order valence-electron chi connectivity index (χ0n) is 29.7. The Labute approximate surface area is 314 Å². The summed E-state index contributed by atoms with van der Waals surface area (Å²) in [5.74, 6) is -6.68. The van der Waals surface area contributed by atoms with E-state index in [0.29, 0.717) is 22.3 Å². The van der Waals surface area contributed by atoms with E-state index in [1.807, 2.05) is 24.3 Å². The highest BCUT2D eigenvalue weighted by molar-refractivity contribution is 6.32. The molecule has 4 aromatic rings. The number of phenols is 1. The van der Waals surface area contributed by atoms with Gasteiger partial charge in [0, 0.05) is 43.6 Å². The van der Waals surface area contributed by atoms with Crippen molar-refractivity contribution >= 4 is 51.7 Å². The van der Waals surface area contributed by atoms with Gasteiger partial charge in [0.25, 0.3) is 0 Å². The molecule has 0 radical (unpaired) electrons. The minimum atomic E-state index is -1.49. The Bertz CT molecular complexity index is 2370. The van der Waals surface area contributed by atoms with E-state index < -0.39 is 68.0 Å². The lowest BCUT2D eigenvalue weighted by atomic mass is 9.44. The average molecular weight is 739 g/mol. The fourth-order valence-electron chi connectivity index (χ4n) is 9.66. The molecule has 1 N–H and O–H groups in total. The van der Waals surface area contributed by atoms with Gasteiger partial charge in [0.05, 0.1) is 32.8 Å². The van der Waals surface area contributed by atoms with Gasteiger partial charge in [0.15, 0.2) is 17.3 Å². The Morgan fingerprint density at radius 3 is 2.04 bits per heavy atom. The zero-order valence-corrected chi connectivity index (χ0v) is 29.7. The number of nitrogens with zero attached hydrogens (tertiary/aromatic N) is 4. The van der Waals surface area contributed by atoms with E-state index in [-0.39, 0.29) is 47.1 Å². The second-order valence-corrected chi connectivity index (χ2v) is 14.6. The number of aromatic hydroxyl groups is 1. The average Bonchev–Trinajstić information content (AvgIpc) is 3.44. The number of ketones is 2. The van der Waals surface area contributed by atoms with Crippen LogP contribution in [0.3, 0.4) is 0 Å². The van der Waals surface area contributed by atoms with Gasteiger partial charge in [0.1, 0.15) is 5.75 Å². The van der Waals surface area contributed by atoms with Crippen LogP contribution in [0.5, 0.6) is 5.75 Å². The van der Waals surface area contributed by atoms with Crippen LogP contribution in [0.15, 0.2) is 115 Å². The molecular weight excluding hydrogens is 704 g/mol. The predicted octanol–water partition coefficient (Wildman–Crippen LogP) is 6.30. The standard InChI is InChI=1S/C42H34N4O9/c1-43(2)38-33(45(52)53)19-26(20-34(38)46(54)55)44-40(50)29-17-16-28-31(36(29)41(44)51)21-32-39(49)30(23-10-5-3-6-11-23)22-35(48)42(32,25-13-7-4-8-14-25)37(28)24-12-9-15-27(47)18-24/h3-16,18-20,22,29,31-32,36-37,47H,17,21H2,1-2H3. The molecule has 6 unspecified atom stereocenters. The Kier molecular flexibility index (Phi) is 8.32. The number of hydrogen-bond donors (Lipinski definition) is 1. The first-order valence-corrected chi connectivity index (χ1v) is 17.8. The molecule has 276 valence electrons. The molecular formula is C42H34N4O9. The van der Waals surface area contributed by atoms with E-state index in [9.17, 15) is 34.9 Å². The lowest BCUT2D eigenvalue weighted by Crippen LogP contribution is -2.58. The summed E-state index contributed by atoms with van der Waals surface area (Å²) in [6.07, 6.45) is 3.34. The van der Waals surface area contributed by atoms with Crippen LogP contribution in [0.4, 0.5) is 22.7 Å². The van der Waals surface area contributed by atoms with Gasteiger partial charge in [-0.25, -0.2) is 4.90 Å². The van der Waals surface area contributed by atoms with E-state index in [1.165, 1.54) is 31.1 Å². The van der Waals surface area contributed by atoms with Crippen molar-refractivity contribution in [2.45, 2.75) is 24.2 Å². The Hall–Kier alpha value is -6.76. The van der Waals surface area contributed by atoms with Gasteiger partial charge in [-0.3, -0.25) is 39.4 Å². The summed E-state index contributed by atoms with van der Waals surface area (Å²) in [4.78, 5) is 84.0. The molecule has 0 aromatic heterocycles. The van der Waals surface area contributed by atoms with Crippen LogP contribution in [0.1, 0.15) is 35.4 Å². The number of benzene rings is 4. The second kappa shape index (κ2) is 13.0. The van der Waals surface area contributed by atoms with E-state index in [1.54, 1.807) is 60.7 Å². The molecule has 1 saturated carbocycles. The van der Waals surface area contributed by atoms with Crippen LogP contribution in [0, 0.1) is 43.9 Å². The summed E-state index contributed by atoms with van der Waals surface area (Å²) in [5.41, 5.74) is -0.801. The minimum absolute atomic E-state index is 0.0126. The number of nitro groups is 2. The van der Waals surface area contributed by atoms with Crippen molar-refractivity contribution in [1.82, 2.24) is 0 Å². The van der Waals surface area contributed by atoms with E-state index in [2.05, 4.69) is 0 Å². The van der Waals surface area contributed by atoms with Crippen molar-refractivity contribution < 1.29 is 34.1 Å². The number of imide groups is 1. The molecule has 0 bridgehead atoms. The van der Waals surface area contributed by atoms with Crippen molar-refractivity contribution in [1.29, 1.82) is 0 Å². The van der Waals surface area contributed by atoms with Crippen molar-refractivity contribution in [2.75, 3.05) is 23.9 Å². The third kappa shape index (κ3) is 5.21. The number of carbonyl (C=O) groups is 4. The first-order valence-electron chi connectivity index (χ1n) is 17.8. The number of allylic oxidation sites excluding steroid dienone is 4. The number of anilines is 2. The Morgan fingerprint density at radius 1 is 0.800 bits per heavy atom. The number of carbonyl (C=O) groups excluding carboxylic acids is 4. The van der Waals surface area contributed by atoms with Gasteiger partial charge >= 0.3 is 11.4 Å². The lowest BCUT2D eigenvalue weighted by molar-refractivity contribution is -0.392. The van der Waals surface area contributed by atoms with Gasteiger partial charge in [-0.2, -0.15) is 0 Å². The molecule has 55 heavy (non-hydrogen) atoms. The fraction of sp³-hybridized carbons (Fsp3) is 0.238. The van der Waals surface area contributed by atoms with Gasteiger partial charge in [-0.15, -0.1) is 0 Å². The summed E-state index contributed by atoms with van der Waals surface area (Å²) in [5, 5.41) is 35.2. The number of hydrogen-bond acceptors (Lipinski definition) is 10. The van der Waals surface area contributed by atoms with Gasteiger partial charge in [-0.1, -0.05) is 84.4 Å². The Morgan fingerprint density at radius 2 is 1.44 bits per heavy atom. The maximum absolute atomic E-state index is 15.1. The number of Topliss-reactive ketones (excluding diaryl/α,β-unsaturated/α-hetero) is 1. The zero-order chi connectivity index (χ0) is 38.9. The van der Waals surface area contributed by atoms with Crippen molar-refractivity contribution in [3.63, 3.8) is 0 Å². The van der Waals surface area contributed by atoms with Gasteiger partial charge in [-0.05, 0) is 53.7 Å². The smallest absolute Gasteiger partial charge is 0.301 e. The summed E-state index contributed by atoms with van der Waals surface area (Å²) in [6.45, 7) is 0. The van der Waals surface area contributed by atoms with Crippen molar-refractivity contribution in [2.24, 2.45) is 23.7 Å². The van der Waals surface area contributed by atoms with Gasteiger partial charge in [0.2, 0.25) is 11.8 Å². The van der Waals surface area contributed by atoms with Crippen LogP contribution in [-0.2, 0) is 24.6 Å². The molecule has 1 heterocycles. The normalized spacial score (nSPS) is 25.7. The van der Waals surface area contributed by atoms with E-state index in [0.717, 1.165) is 17.0 Å².